The van der Waals surface area contributed by atoms with Gasteiger partial charge in [0.1, 0.15) is 5.75 Å². The van der Waals surface area contributed by atoms with Gasteiger partial charge in [-0.2, -0.15) is 8.78 Å². The Morgan fingerprint density at radius 1 is 1.06 bits per heavy atom. The van der Waals surface area contributed by atoms with Crippen molar-refractivity contribution >= 4 is 27.3 Å². The van der Waals surface area contributed by atoms with Crippen LogP contribution in [0, 0.1) is 6.92 Å². The van der Waals surface area contributed by atoms with E-state index in [1.165, 1.54) is 42.3 Å². The van der Waals surface area contributed by atoms with Crippen LogP contribution in [0.5, 0.6) is 5.75 Å². The second-order valence-corrected chi connectivity index (χ2v) is 10.0. The molecule has 0 radical (unpaired) electrons. The number of hydrogen-bond donors (Lipinski definition) is 0. The molecule has 0 N–H and O–H groups in total. The van der Waals surface area contributed by atoms with E-state index in [1.807, 2.05) is 19.1 Å². The number of carbonyl (C=O) groups is 1. The number of para-hydroxylation sites is 1. The molecule has 34 heavy (non-hydrogen) atoms. The zero-order valence-electron chi connectivity index (χ0n) is 18.7. The molecule has 9 heteroatoms. The van der Waals surface area contributed by atoms with Gasteiger partial charge < -0.3 is 9.64 Å². The molecular weight excluding hydrogens is 462 g/mol. The Morgan fingerprint density at radius 3 is 2.47 bits per heavy atom. The number of hydrogen-bond acceptors (Lipinski definition) is 4. The number of nitrogens with zero attached hydrogens (tertiary/aromatic N) is 2. The zero-order valence-corrected chi connectivity index (χ0v) is 19.6. The minimum atomic E-state index is -3.94. The zero-order chi connectivity index (χ0) is 24.5. The number of sulfonamides is 1. The van der Waals surface area contributed by atoms with Crippen molar-refractivity contribution < 1.29 is 26.7 Å². The van der Waals surface area contributed by atoms with Crippen LogP contribution in [0.25, 0.3) is 0 Å². The summed E-state index contributed by atoms with van der Waals surface area (Å²) in [5, 5.41) is 0. The van der Waals surface area contributed by atoms with Crippen LogP contribution < -0.4 is 13.9 Å². The average Bonchev–Trinajstić information content (AvgIpc) is 2.83. The highest BCUT2D eigenvalue weighted by atomic mass is 32.2. The molecule has 0 atom stereocenters. The van der Waals surface area contributed by atoms with E-state index in [-0.39, 0.29) is 16.2 Å². The third-order valence-electron chi connectivity index (χ3n) is 5.78. The summed E-state index contributed by atoms with van der Waals surface area (Å²) in [6, 6.07) is 17.6. The largest absolute Gasteiger partial charge is 0.433 e. The van der Waals surface area contributed by atoms with E-state index in [0.29, 0.717) is 30.8 Å². The first-order chi connectivity index (χ1) is 16.2. The Balaban J connectivity index is 1.68. The van der Waals surface area contributed by atoms with Gasteiger partial charge >= 0.3 is 6.61 Å². The molecule has 0 bridgehead atoms. The first kappa shape index (κ1) is 23.7. The summed E-state index contributed by atoms with van der Waals surface area (Å²) in [6.07, 6.45) is 1.26. The maximum absolute atomic E-state index is 13.4. The molecule has 0 fully saturated rings. The molecule has 1 aliphatic heterocycles. The monoisotopic (exact) mass is 486 g/mol. The van der Waals surface area contributed by atoms with Gasteiger partial charge in [0.2, 0.25) is 0 Å². The van der Waals surface area contributed by atoms with Gasteiger partial charge in [0.15, 0.2) is 0 Å². The SMILES string of the molecule is Cc1ccc(N(C)S(=O)(=O)c2cccc(C(=O)N3CCCc4cccc(OC(F)F)c43)c2)cc1. The van der Waals surface area contributed by atoms with Crippen LogP contribution in [0.15, 0.2) is 71.6 Å². The molecule has 1 aliphatic rings. The van der Waals surface area contributed by atoms with Crippen LogP contribution in [0.1, 0.15) is 27.9 Å². The number of benzene rings is 3. The normalized spacial score (nSPS) is 13.5. The van der Waals surface area contributed by atoms with Crippen LogP contribution in [-0.2, 0) is 16.4 Å². The number of ether oxygens (including phenoxy) is 1. The summed E-state index contributed by atoms with van der Waals surface area (Å²) in [5.74, 6) is -0.565. The Labute approximate surface area is 197 Å². The van der Waals surface area contributed by atoms with Gasteiger partial charge in [-0.1, -0.05) is 35.9 Å². The fourth-order valence-electron chi connectivity index (χ4n) is 4.01. The van der Waals surface area contributed by atoms with Crippen molar-refractivity contribution in [3.8, 4) is 5.75 Å². The lowest BCUT2D eigenvalue weighted by atomic mass is 10.00. The third-order valence-corrected chi connectivity index (χ3v) is 7.56. The van der Waals surface area contributed by atoms with Gasteiger partial charge in [0.05, 0.1) is 16.3 Å². The van der Waals surface area contributed by atoms with E-state index in [0.717, 1.165) is 15.4 Å². The van der Waals surface area contributed by atoms with E-state index in [9.17, 15) is 22.0 Å². The molecule has 0 aliphatic carbocycles. The van der Waals surface area contributed by atoms with Crippen LogP contribution in [0.3, 0.4) is 0 Å². The fraction of sp³-hybridized carbons (Fsp3) is 0.240. The molecule has 3 aromatic carbocycles. The third kappa shape index (κ3) is 4.61. The van der Waals surface area contributed by atoms with E-state index < -0.39 is 22.5 Å². The lowest BCUT2D eigenvalue weighted by molar-refractivity contribution is -0.0495. The van der Waals surface area contributed by atoms with E-state index in [2.05, 4.69) is 4.74 Å². The molecule has 0 saturated carbocycles. The van der Waals surface area contributed by atoms with Crippen molar-refractivity contribution in [3.05, 3.63) is 83.4 Å². The van der Waals surface area contributed by atoms with Crippen LogP contribution in [-0.4, -0.2) is 34.5 Å². The Hall–Kier alpha value is -3.46. The lowest BCUT2D eigenvalue weighted by Crippen LogP contribution is -2.36. The molecule has 4 rings (SSSR count). The van der Waals surface area contributed by atoms with Gasteiger partial charge in [0, 0.05) is 19.2 Å². The first-order valence-electron chi connectivity index (χ1n) is 10.7. The molecule has 6 nitrogen and oxygen atoms in total. The maximum atomic E-state index is 13.4. The van der Waals surface area contributed by atoms with Crippen LogP contribution >= 0.6 is 0 Å². The van der Waals surface area contributed by atoms with E-state index in [1.54, 1.807) is 24.3 Å². The number of rotatable bonds is 6. The maximum Gasteiger partial charge on any atom is 0.387 e. The molecule has 0 unspecified atom stereocenters. The lowest BCUT2D eigenvalue weighted by Gasteiger charge is -2.31. The fourth-order valence-corrected chi connectivity index (χ4v) is 5.25. The minimum Gasteiger partial charge on any atom is -0.433 e. The average molecular weight is 487 g/mol. The van der Waals surface area contributed by atoms with E-state index in [4.69, 9.17) is 0 Å². The van der Waals surface area contributed by atoms with E-state index >= 15 is 0 Å². The van der Waals surface area contributed by atoms with Gasteiger partial charge in [0.25, 0.3) is 15.9 Å². The number of alkyl halides is 2. The number of aryl methyl sites for hydroxylation is 2. The van der Waals surface area contributed by atoms with Crippen molar-refractivity contribution in [3.63, 3.8) is 0 Å². The molecular formula is C25H24F2N2O4S. The highest BCUT2D eigenvalue weighted by molar-refractivity contribution is 7.92. The number of amides is 1. The smallest absolute Gasteiger partial charge is 0.387 e. The molecule has 0 aromatic heterocycles. The van der Waals surface area contributed by atoms with Crippen LogP contribution in [0.4, 0.5) is 20.2 Å². The second kappa shape index (κ2) is 9.42. The van der Waals surface area contributed by atoms with Gasteiger partial charge in [-0.05, 0) is 61.7 Å². The number of carbonyl (C=O) groups excluding carboxylic acids is 1. The summed E-state index contributed by atoms with van der Waals surface area (Å²) in [5.41, 5.74) is 2.64. The predicted octanol–water partition coefficient (Wildman–Crippen LogP) is 5.01. The molecule has 3 aromatic rings. The van der Waals surface area contributed by atoms with Crippen molar-refractivity contribution in [1.29, 1.82) is 0 Å². The Morgan fingerprint density at radius 2 is 1.76 bits per heavy atom. The summed E-state index contributed by atoms with van der Waals surface area (Å²) < 4.78 is 58.2. The molecule has 178 valence electrons. The van der Waals surface area contributed by atoms with Crippen LogP contribution in [0.2, 0.25) is 0 Å². The second-order valence-electron chi connectivity index (χ2n) is 8.04. The van der Waals surface area contributed by atoms with Crippen molar-refractivity contribution in [2.45, 2.75) is 31.3 Å². The molecule has 1 heterocycles. The summed E-state index contributed by atoms with van der Waals surface area (Å²) in [6.45, 7) is -0.823. The standard InChI is InChI=1S/C25H24F2N2O4S/c1-17-11-13-20(14-12-17)28(2)34(31,32)21-9-3-7-19(16-21)24(30)29-15-5-8-18-6-4-10-22(23(18)29)33-25(26)27/h3-4,6-7,9-14,16,25H,5,8,15H2,1-2H3. The quantitative estimate of drug-likeness (QED) is 0.491. The number of halogens is 2. The van der Waals surface area contributed by atoms with Crippen molar-refractivity contribution in [1.82, 2.24) is 0 Å². The first-order valence-corrected chi connectivity index (χ1v) is 12.2. The number of anilines is 2. The van der Waals surface area contributed by atoms with Gasteiger partial charge in [-0.25, -0.2) is 8.42 Å². The van der Waals surface area contributed by atoms with Crippen molar-refractivity contribution in [2.24, 2.45) is 0 Å². The number of fused-ring (bicyclic) bond motifs is 1. The highest BCUT2D eigenvalue weighted by Gasteiger charge is 2.29. The Bertz CT molecular complexity index is 1310. The summed E-state index contributed by atoms with van der Waals surface area (Å²) >= 11 is 0. The predicted molar refractivity (Wildman–Crippen MR) is 126 cm³/mol. The minimum absolute atomic E-state index is 0.0456. The summed E-state index contributed by atoms with van der Waals surface area (Å²) in [4.78, 5) is 14.8. The topological polar surface area (TPSA) is 66.9 Å². The molecule has 1 amide bonds. The van der Waals surface area contributed by atoms with Gasteiger partial charge in [-0.3, -0.25) is 9.10 Å². The highest BCUT2D eigenvalue weighted by Crippen LogP contribution is 2.38. The summed E-state index contributed by atoms with van der Waals surface area (Å²) in [7, 11) is -2.49. The molecule has 0 spiro atoms. The van der Waals surface area contributed by atoms with Crippen molar-refractivity contribution in [2.75, 3.05) is 22.8 Å². The van der Waals surface area contributed by atoms with Gasteiger partial charge in [-0.15, -0.1) is 0 Å². The Kier molecular flexibility index (Phi) is 6.56. The molecule has 0 saturated heterocycles.